The Labute approximate surface area is 86.7 Å². The molecule has 0 nitrogen and oxygen atoms in total. The third kappa shape index (κ3) is 1.75. The summed E-state index contributed by atoms with van der Waals surface area (Å²) in [5.74, 6) is 0. The van der Waals surface area contributed by atoms with Crippen molar-refractivity contribution >= 4 is 0 Å². The lowest BCUT2D eigenvalue weighted by Gasteiger charge is -2.19. The summed E-state index contributed by atoms with van der Waals surface area (Å²) in [7, 11) is 0. The number of hydrogen-bond donors (Lipinski definition) is 0. The van der Waals surface area contributed by atoms with Crippen LogP contribution >= 0.6 is 0 Å². The van der Waals surface area contributed by atoms with Crippen molar-refractivity contribution in [1.29, 1.82) is 0 Å². The molecule has 2 radical (unpaired) electrons. The Morgan fingerprint density at radius 2 is 2.07 bits per heavy atom. The van der Waals surface area contributed by atoms with Gasteiger partial charge in [0.05, 0.1) is 0 Å². The second kappa shape index (κ2) is 4.00. The predicted octanol–water partition coefficient (Wildman–Crippen LogP) is 3.73. The van der Waals surface area contributed by atoms with Gasteiger partial charge in [0.2, 0.25) is 0 Å². The first kappa shape index (κ1) is 9.51. The summed E-state index contributed by atoms with van der Waals surface area (Å²) in [6.45, 7) is 4.43. The Bertz CT molecular complexity index is 358. The first-order valence-corrected chi connectivity index (χ1v) is 5.27. The molecular formula is C14H16. The van der Waals surface area contributed by atoms with Crippen molar-refractivity contribution in [2.75, 3.05) is 0 Å². The van der Waals surface area contributed by atoms with Gasteiger partial charge in [-0.05, 0) is 37.3 Å². The van der Waals surface area contributed by atoms with Crippen LogP contribution in [0.25, 0.3) is 0 Å². The van der Waals surface area contributed by atoms with E-state index >= 15 is 0 Å². The van der Waals surface area contributed by atoms with Gasteiger partial charge in [0, 0.05) is 6.42 Å². The molecule has 0 spiro atoms. The van der Waals surface area contributed by atoms with Gasteiger partial charge in [-0.25, -0.2) is 0 Å². The molecule has 0 saturated carbocycles. The first-order valence-electron chi connectivity index (χ1n) is 5.27. The van der Waals surface area contributed by atoms with Gasteiger partial charge in [-0.1, -0.05) is 42.3 Å². The second-order valence-electron chi connectivity index (χ2n) is 3.84. The highest BCUT2D eigenvalue weighted by Gasteiger charge is 2.13. The molecule has 0 heterocycles. The SMILES string of the molecule is CC/C(C)=C1/[CH]Cc2ccccc2[CH]1. The molecule has 0 unspecified atom stereocenters. The molecule has 0 saturated heterocycles. The van der Waals surface area contributed by atoms with Crippen molar-refractivity contribution in [3.8, 4) is 0 Å². The smallest absolute Gasteiger partial charge is 0.0163 e. The molecule has 0 bridgehead atoms. The fourth-order valence-electron chi connectivity index (χ4n) is 1.81. The maximum absolute atomic E-state index is 2.33. The van der Waals surface area contributed by atoms with Gasteiger partial charge in [-0.2, -0.15) is 0 Å². The first-order chi connectivity index (χ1) is 6.81. The third-order valence-electron chi connectivity index (χ3n) is 2.93. The monoisotopic (exact) mass is 184 g/mol. The third-order valence-corrected chi connectivity index (χ3v) is 2.93. The number of fused-ring (bicyclic) bond motifs is 1. The lowest BCUT2D eigenvalue weighted by atomic mass is 9.85. The van der Waals surface area contributed by atoms with Crippen LogP contribution < -0.4 is 0 Å². The highest BCUT2D eigenvalue weighted by atomic mass is 14.2. The highest BCUT2D eigenvalue weighted by Crippen LogP contribution is 2.28. The van der Waals surface area contributed by atoms with Crippen molar-refractivity contribution in [2.45, 2.75) is 26.7 Å². The minimum Gasteiger partial charge on any atom is -0.0734 e. The zero-order valence-electron chi connectivity index (χ0n) is 8.88. The molecule has 0 heteroatoms. The standard InChI is InChI=1S/C14H16/c1-3-11(2)13-9-8-12-6-4-5-7-14(12)10-13/h4-7,9-10H,3,8H2,1-2H3/b13-11-. The van der Waals surface area contributed by atoms with Crippen LogP contribution in [0.15, 0.2) is 35.4 Å². The average molecular weight is 184 g/mol. The molecular weight excluding hydrogens is 168 g/mol. The van der Waals surface area contributed by atoms with E-state index in [1.165, 1.54) is 22.3 Å². The Balaban J connectivity index is 2.30. The minimum atomic E-state index is 1.08. The van der Waals surface area contributed by atoms with Gasteiger partial charge >= 0.3 is 0 Å². The predicted molar refractivity (Wildman–Crippen MR) is 60.8 cm³/mol. The second-order valence-corrected chi connectivity index (χ2v) is 3.84. The molecule has 14 heavy (non-hydrogen) atoms. The number of rotatable bonds is 1. The molecule has 0 atom stereocenters. The Morgan fingerprint density at radius 3 is 2.86 bits per heavy atom. The molecule has 0 N–H and O–H groups in total. The summed E-state index contributed by atoms with van der Waals surface area (Å²) < 4.78 is 0. The summed E-state index contributed by atoms with van der Waals surface area (Å²) in [6.07, 6.45) is 6.86. The van der Waals surface area contributed by atoms with Crippen molar-refractivity contribution in [2.24, 2.45) is 0 Å². The molecule has 2 rings (SSSR count). The number of allylic oxidation sites excluding steroid dienone is 2. The van der Waals surface area contributed by atoms with Crippen LogP contribution in [0.1, 0.15) is 31.4 Å². The van der Waals surface area contributed by atoms with E-state index < -0.39 is 0 Å². The van der Waals surface area contributed by atoms with Crippen molar-refractivity contribution < 1.29 is 0 Å². The molecule has 1 aromatic carbocycles. The minimum absolute atomic E-state index is 1.08. The lowest BCUT2D eigenvalue weighted by Crippen LogP contribution is -2.05. The van der Waals surface area contributed by atoms with Crippen molar-refractivity contribution in [3.05, 3.63) is 59.4 Å². The Kier molecular flexibility index (Phi) is 2.72. The normalized spacial score (nSPS) is 19.0. The maximum atomic E-state index is 2.33. The van der Waals surface area contributed by atoms with Crippen LogP contribution in [0.5, 0.6) is 0 Å². The van der Waals surface area contributed by atoms with Gasteiger partial charge in [-0.15, -0.1) is 0 Å². The molecule has 0 aliphatic heterocycles. The molecule has 72 valence electrons. The summed E-state index contributed by atoms with van der Waals surface area (Å²) in [6, 6.07) is 8.63. The topological polar surface area (TPSA) is 0 Å². The van der Waals surface area contributed by atoms with E-state index in [9.17, 15) is 0 Å². The largest absolute Gasteiger partial charge is 0.0734 e. The van der Waals surface area contributed by atoms with Gasteiger partial charge in [0.15, 0.2) is 0 Å². The molecule has 1 aromatic rings. The quantitative estimate of drug-likeness (QED) is 0.624. The molecule has 0 amide bonds. The molecule has 1 aliphatic carbocycles. The van der Waals surface area contributed by atoms with Gasteiger partial charge in [0.1, 0.15) is 0 Å². The van der Waals surface area contributed by atoms with E-state index in [4.69, 9.17) is 0 Å². The Hall–Kier alpha value is -1.04. The van der Waals surface area contributed by atoms with Crippen LogP contribution in [-0.2, 0) is 6.42 Å². The number of benzene rings is 1. The zero-order chi connectivity index (χ0) is 9.97. The van der Waals surface area contributed by atoms with Crippen molar-refractivity contribution in [3.63, 3.8) is 0 Å². The summed E-state index contributed by atoms with van der Waals surface area (Å²) in [5, 5.41) is 0. The van der Waals surface area contributed by atoms with Gasteiger partial charge < -0.3 is 0 Å². The van der Waals surface area contributed by atoms with Gasteiger partial charge in [-0.3, -0.25) is 0 Å². The van der Waals surface area contributed by atoms with Crippen LogP contribution in [0.2, 0.25) is 0 Å². The molecule has 1 aliphatic rings. The van der Waals surface area contributed by atoms with Crippen LogP contribution in [-0.4, -0.2) is 0 Å². The van der Waals surface area contributed by atoms with E-state index in [0.29, 0.717) is 0 Å². The zero-order valence-corrected chi connectivity index (χ0v) is 8.88. The number of hydrogen-bond acceptors (Lipinski definition) is 0. The average Bonchev–Trinajstić information content (AvgIpc) is 2.27. The van der Waals surface area contributed by atoms with E-state index in [1.54, 1.807) is 0 Å². The summed E-state index contributed by atoms with van der Waals surface area (Å²) in [5.41, 5.74) is 5.74. The Morgan fingerprint density at radius 1 is 1.29 bits per heavy atom. The van der Waals surface area contributed by atoms with Gasteiger partial charge in [0.25, 0.3) is 0 Å². The van der Waals surface area contributed by atoms with Crippen LogP contribution in [0, 0.1) is 12.8 Å². The van der Waals surface area contributed by atoms with E-state index in [0.717, 1.165) is 12.8 Å². The molecule has 0 fully saturated rings. The van der Waals surface area contributed by atoms with E-state index in [-0.39, 0.29) is 0 Å². The summed E-state index contributed by atoms with van der Waals surface area (Å²) in [4.78, 5) is 0. The summed E-state index contributed by atoms with van der Waals surface area (Å²) >= 11 is 0. The van der Waals surface area contributed by atoms with Crippen LogP contribution in [0.4, 0.5) is 0 Å². The van der Waals surface area contributed by atoms with E-state index in [1.807, 2.05) is 0 Å². The van der Waals surface area contributed by atoms with Crippen LogP contribution in [0.3, 0.4) is 0 Å². The van der Waals surface area contributed by atoms with Crippen molar-refractivity contribution in [1.82, 2.24) is 0 Å². The maximum Gasteiger partial charge on any atom is 0.0163 e. The molecule has 0 aromatic heterocycles. The fraction of sp³-hybridized carbons (Fsp3) is 0.286. The lowest BCUT2D eigenvalue weighted by molar-refractivity contribution is 1.01. The highest BCUT2D eigenvalue weighted by molar-refractivity contribution is 5.49. The fourth-order valence-corrected chi connectivity index (χ4v) is 1.81. The van der Waals surface area contributed by atoms with E-state index in [2.05, 4.69) is 51.0 Å².